The highest BCUT2D eigenvalue weighted by atomic mass is 16.5. The maximum atomic E-state index is 11.9. The molecule has 0 saturated carbocycles. The zero-order chi connectivity index (χ0) is 18.9. The molecule has 0 aromatic heterocycles. The fourth-order valence-electron chi connectivity index (χ4n) is 2.87. The van der Waals surface area contributed by atoms with Crippen LogP contribution in [0.15, 0.2) is 54.6 Å². The number of nitrogens with zero attached hydrogens (tertiary/aromatic N) is 1. The number of ether oxygens (including phenoxy) is 2. The number of nitrogens with one attached hydrogen (secondary N) is 1. The van der Waals surface area contributed by atoms with Gasteiger partial charge in [0.05, 0.1) is 6.61 Å². The lowest BCUT2D eigenvalue weighted by Crippen LogP contribution is -2.30. The summed E-state index contributed by atoms with van der Waals surface area (Å²) in [4.78, 5) is 25.5. The normalized spacial score (nSPS) is 13.5. The lowest BCUT2D eigenvalue weighted by molar-refractivity contribution is -0.123. The molecule has 0 bridgehead atoms. The molecule has 1 saturated heterocycles. The van der Waals surface area contributed by atoms with Crippen molar-refractivity contribution in [3.05, 3.63) is 54.6 Å². The molecule has 2 aromatic rings. The summed E-state index contributed by atoms with van der Waals surface area (Å²) in [7, 11) is 0. The van der Waals surface area contributed by atoms with Gasteiger partial charge in [0.25, 0.3) is 5.91 Å². The van der Waals surface area contributed by atoms with Crippen LogP contribution in [-0.2, 0) is 9.59 Å². The first-order chi connectivity index (χ1) is 13.2. The van der Waals surface area contributed by atoms with E-state index in [9.17, 15) is 9.59 Å². The number of hydrogen-bond acceptors (Lipinski definition) is 4. The Morgan fingerprint density at radius 1 is 1.04 bits per heavy atom. The fraction of sp³-hybridized carbons (Fsp3) is 0.333. The molecular weight excluding hydrogens is 344 g/mol. The van der Waals surface area contributed by atoms with E-state index in [0.717, 1.165) is 24.4 Å². The first kappa shape index (κ1) is 18.8. The zero-order valence-electron chi connectivity index (χ0n) is 15.2. The summed E-state index contributed by atoms with van der Waals surface area (Å²) in [5.41, 5.74) is 0.813. The van der Waals surface area contributed by atoms with E-state index in [1.807, 2.05) is 42.5 Å². The van der Waals surface area contributed by atoms with E-state index in [4.69, 9.17) is 9.47 Å². The number of benzene rings is 2. The molecule has 2 amide bonds. The van der Waals surface area contributed by atoms with Gasteiger partial charge in [0, 0.05) is 31.3 Å². The molecule has 1 fully saturated rings. The quantitative estimate of drug-likeness (QED) is 0.691. The van der Waals surface area contributed by atoms with Crippen LogP contribution in [0.25, 0.3) is 0 Å². The predicted molar refractivity (Wildman–Crippen MR) is 103 cm³/mol. The number of rotatable bonds is 9. The molecule has 0 spiro atoms. The van der Waals surface area contributed by atoms with Crippen LogP contribution in [0.2, 0.25) is 0 Å². The van der Waals surface area contributed by atoms with Crippen LogP contribution < -0.4 is 19.7 Å². The molecule has 1 N–H and O–H groups in total. The molecule has 142 valence electrons. The lowest BCUT2D eigenvalue weighted by atomic mass is 10.3. The number of para-hydroxylation sites is 1. The summed E-state index contributed by atoms with van der Waals surface area (Å²) < 4.78 is 11.1. The summed E-state index contributed by atoms with van der Waals surface area (Å²) in [5.74, 6) is 1.35. The van der Waals surface area contributed by atoms with E-state index in [2.05, 4.69) is 5.32 Å². The average molecular weight is 368 g/mol. The molecule has 0 radical (unpaired) electrons. The van der Waals surface area contributed by atoms with Crippen molar-refractivity contribution in [3.8, 4) is 11.5 Å². The van der Waals surface area contributed by atoms with E-state index >= 15 is 0 Å². The molecule has 0 aliphatic carbocycles. The van der Waals surface area contributed by atoms with Crippen LogP contribution in [0.3, 0.4) is 0 Å². The minimum atomic E-state index is -0.183. The Hall–Kier alpha value is -3.02. The first-order valence-electron chi connectivity index (χ1n) is 9.20. The monoisotopic (exact) mass is 368 g/mol. The number of amides is 2. The van der Waals surface area contributed by atoms with Crippen LogP contribution in [0, 0.1) is 0 Å². The SMILES string of the molecule is O=C(COc1cccc(N2CCCC2=O)c1)NCCCOc1ccccc1. The molecule has 1 aliphatic rings. The number of carbonyl (C=O) groups is 2. The summed E-state index contributed by atoms with van der Waals surface area (Å²) in [5, 5.41) is 2.81. The Morgan fingerprint density at radius 2 is 1.85 bits per heavy atom. The van der Waals surface area contributed by atoms with Crippen molar-refractivity contribution < 1.29 is 19.1 Å². The molecule has 0 unspecified atom stereocenters. The standard InChI is InChI=1S/C21H24N2O4/c24-20(22-12-6-14-26-18-8-2-1-3-9-18)16-27-19-10-4-7-17(15-19)23-13-5-11-21(23)25/h1-4,7-10,15H,5-6,11-14,16H2,(H,22,24). The van der Waals surface area contributed by atoms with Crippen molar-refractivity contribution >= 4 is 17.5 Å². The second-order valence-electron chi connectivity index (χ2n) is 6.30. The fourth-order valence-corrected chi connectivity index (χ4v) is 2.87. The molecule has 0 atom stereocenters. The van der Waals surface area contributed by atoms with E-state index in [0.29, 0.717) is 31.7 Å². The van der Waals surface area contributed by atoms with Gasteiger partial charge in [0.15, 0.2) is 6.61 Å². The molecule has 6 nitrogen and oxygen atoms in total. The van der Waals surface area contributed by atoms with Gasteiger partial charge >= 0.3 is 0 Å². The molecule has 3 rings (SSSR count). The first-order valence-corrected chi connectivity index (χ1v) is 9.20. The van der Waals surface area contributed by atoms with Gasteiger partial charge in [-0.1, -0.05) is 24.3 Å². The van der Waals surface area contributed by atoms with Gasteiger partial charge in [-0.15, -0.1) is 0 Å². The summed E-state index contributed by atoms with van der Waals surface area (Å²) in [6, 6.07) is 16.9. The Bertz CT molecular complexity index is 764. The Kier molecular flexibility index (Phi) is 6.68. The van der Waals surface area contributed by atoms with Crippen molar-refractivity contribution in [1.29, 1.82) is 0 Å². The predicted octanol–water partition coefficient (Wildman–Crippen LogP) is 2.78. The van der Waals surface area contributed by atoms with Gasteiger partial charge in [0.2, 0.25) is 5.91 Å². The third-order valence-electron chi connectivity index (χ3n) is 4.23. The topological polar surface area (TPSA) is 67.9 Å². The maximum Gasteiger partial charge on any atom is 0.257 e. The van der Waals surface area contributed by atoms with Gasteiger partial charge < -0.3 is 19.7 Å². The van der Waals surface area contributed by atoms with Crippen LogP contribution in [0.4, 0.5) is 5.69 Å². The van der Waals surface area contributed by atoms with Crippen LogP contribution in [-0.4, -0.2) is 38.1 Å². The third-order valence-corrected chi connectivity index (χ3v) is 4.23. The second-order valence-corrected chi connectivity index (χ2v) is 6.30. The van der Waals surface area contributed by atoms with Crippen LogP contribution in [0.5, 0.6) is 11.5 Å². The van der Waals surface area contributed by atoms with Crippen molar-refractivity contribution in [2.24, 2.45) is 0 Å². The summed E-state index contributed by atoms with van der Waals surface area (Å²) in [6.45, 7) is 1.74. The van der Waals surface area contributed by atoms with Crippen LogP contribution in [0.1, 0.15) is 19.3 Å². The van der Waals surface area contributed by atoms with E-state index in [1.165, 1.54) is 0 Å². The molecule has 1 aliphatic heterocycles. The second kappa shape index (κ2) is 9.62. The number of hydrogen-bond donors (Lipinski definition) is 1. The zero-order valence-corrected chi connectivity index (χ0v) is 15.2. The Balaban J connectivity index is 1.35. The van der Waals surface area contributed by atoms with Gasteiger partial charge in [-0.2, -0.15) is 0 Å². The van der Waals surface area contributed by atoms with E-state index in [-0.39, 0.29) is 18.4 Å². The smallest absolute Gasteiger partial charge is 0.257 e. The molecule has 2 aromatic carbocycles. The highest BCUT2D eigenvalue weighted by molar-refractivity contribution is 5.95. The third kappa shape index (κ3) is 5.74. The maximum absolute atomic E-state index is 11.9. The molecule has 1 heterocycles. The summed E-state index contributed by atoms with van der Waals surface area (Å²) in [6.07, 6.45) is 2.18. The lowest BCUT2D eigenvalue weighted by Gasteiger charge is -2.16. The van der Waals surface area contributed by atoms with Gasteiger partial charge in [-0.05, 0) is 37.1 Å². The Labute approximate surface area is 159 Å². The highest BCUT2D eigenvalue weighted by Gasteiger charge is 2.21. The largest absolute Gasteiger partial charge is 0.494 e. The Morgan fingerprint density at radius 3 is 2.63 bits per heavy atom. The molecule has 6 heteroatoms. The van der Waals surface area contributed by atoms with E-state index in [1.54, 1.807) is 17.0 Å². The van der Waals surface area contributed by atoms with Crippen molar-refractivity contribution in [3.63, 3.8) is 0 Å². The number of carbonyl (C=O) groups excluding carboxylic acids is 2. The minimum absolute atomic E-state index is 0.0586. The highest BCUT2D eigenvalue weighted by Crippen LogP contribution is 2.25. The summed E-state index contributed by atoms with van der Waals surface area (Å²) >= 11 is 0. The van der Waals surface area contributed by atoms with Crippen molar-refractivity contribution in [2.45, 2.75) is 19.3 Å². The number of anilines is 1. The van der Waals surface area contributed by atoms with E-state index < -0.39 is 0 Å². The van der Waals surface area contributed by atoms with Crippen molar-refractivity contribution in [2.75, 3.05) is 31.2 Å². The van der Waals surface area contributed by atoms with Crippen LogP contribution >= 0.6 is 0 Å². The van der Waals surface area contributed by atoms with Gasteiger partial charge in [0.1, 0.15) is 11.5 Å². The molecular formula is C21H24N2O4. The van der Waals surface area contributed by atoms with Gasteiger partial charge in [-0.3, -0.25) is 9.59 Å². The average Bonchev–Trinajstić information content (AvgIpc) is 3.13. The van der Waals surface area contributed by atoms with Gasteiger partial charge in [-0.25, -0.2) is 0 Å². The minimum Gasteiger partial charge on any atom is -0.494 e. The van der Waals surface area contributed by atoms with Crippen molar-refractivity contribution in [1.82, 2.24) is 5.32 Å². The molecule has 27 heavy (non-hydrogen) atoms.